The Balaban J connectivity index is 1.39. The summed E-state index contributed by atoms with van der Waals surface area (Å²) in [6.07, 6.45) is 8.69. The molecule has 5 nitrogen and oxygen atoms in total. The molecular formula is C16H20N4O. The van der Waals surface area contributed by atoms with E-state index in [1.165, 1.54) is 12.8 Å². The zero-order valence-corrected chi connectivity index (χ0v) is 12.0. The molecule has 0 spiro atoms. The average molecular weight is 284 g/mol. The van der Waals surface area contributed by atoms with Gasteiger partial charge in [0.15, 0.2) is 0 Å². The van der Waals surface area contributed by atoms with Crippen molar-refractivity contribution in [3.05, 3.63) is 42.0 Å². The number of likely N-dealkylation sites (tertiary alicyclic amines) is 1. The maximum absolute atomic E-state index is 12.5. The molecule has 4 rings (SSSR count). The monoisotopic (exact) mass is 284 g/mol. The van der Waals surface area contributed by atoms with Crippen LogP contribution in [0.1, 0.15) is 53.8 Å². The van der Waals surface area contributed by atoms with E-state index in [1.54, 1.807) is 0 Å². The van der Waals surface area contributed by atoms with Crippen LogP contribution in [0, 0.1) is 0 Å². The van der Waals surface area contributed by atoms with E-state index in [9.17, 15) is 4.79 Å². The van der Waals surface area contributed by atoms with Gasteiger partial charge in [-0.3, -0.25) is 9.89 Å². The molecule has 3 heterocycles. The van der Waals surface area contributed by atoms with Gasteiger partial charge in [0, 0.05) is 43.1 Å². The second-order valence-electron chi connectivity index (χ2n) is 6.14. The van der Waals surface area contributed by atoms with Crippen LogP contribution in [0.4, 0.5) is 0 Å². The van der Waals surface area contributed by atoms with E-state index in [-0.39, 0.29) is 5.91 Å². The number of nitrogens with zero attached hydrogens (tertiary/aromatic N) is 3. The molecule has 1 saturated carbocycles. The topological polar surface area (TPSA) is 53.9 Å². The van der Waals surface area contributed by atoms with Gasteiger partial charge in [0.1, 0.15) is 5.69 Å². The van der Waals surface area contributed by atoms with Gasteiger partial charge in [-0.1, -0.05) is 0 Å². The quantitative estimate of drug-likeness (QED) is 0.941. The van der Waals surface area contributed by atoms with Crippen LogP contribution in [0.25, 0.3) is 0 Å². The van der Waals surface area contributed by atoms with Gasteiger partial charge in [0.25, 0.3) is 5.91 Å². The molecule has 0 bridgehead atoms. The number of hydrogen-bond acceptors (Lipinski definition) is 2. The molecule has 0 unspecified atom stereocenters. The number of carbonyl (C=O) groups excluding carboxylic acids is 1. The fourth-order valence-electron chi connectivity index (χ4n) is 3.17. The molecule has 0 atom stereocenters. The number of nitrogens with one attached hydrogen (secondary N) is 1. The van der Waals surface area contributed by atoms with Gasteiger partial charge in [0.05, 0.1) is 0 Å². The Hall–Kier alpha value is -2.04. The first-order valence-corrected chi connectivity index (χ1v) is 7.78. The number of aromatic amines is 1. The number of rotatable bonds is 3. The highest BCUT2D eigenvalue weighted by molar-refractivity contribution is 5.92. The van der Waals surface area contributed by atoms with Crippen molar-refractivity contribution in [3.63, 3.8) is 0 Å². The Morgan fingerprint density at radius 1 is 1.14 bits per heavy atom. The normalized spacial score (nSPS) is 19.9. The molecule has 21 heavy (non-hydrogen) atoms. The summed E-state index contributed by atoms with van der Waals surface area (Å²) >= 11 is 0. The van der Waals surface area contributed by atoms with E-state index < -0.39 is 0 Å². The number of carbonyl (C=O) groups is 1. The molecule has 1 amide bonds. The van der Waals surface area contributed by atoms with Crippen LogP contribution < -0.4 is 0 Å². The summed E-state index contributed by atoms with van der Waals surface area (Å²) in [5.74, 6) is 0.683. The predicted octanol–water partition coefficient (Wildman–Crippen LogP) is 2.57. The van der Waals surface area contributed by atoms with Crippen molar-refractivity contribution in [3.8, 4) is 0 Å². The van der Waals surface area contributed by atoms with Gasteiger partial charge in [-0.25, -0.2) is 0 Å². The summed E-state index contributed by atoms with van der Waals surface area (Å²) in [5.41, 5.74) is 1.71. The Morgan fingerprint density at radius 3 is 2.52 bits per heavy atom. The smallest absolute Gasteiger partial charge is 0.274 e. The van der Waals surface area contributed by atoms with Gasteiger partial charge in [0.2, 0.25) is 0 Å². The molecule has 1 saturated heterocycles. The van der Waals surface area contributed by atoms with Crippen LogP contribution in [0.2, 0.25) is 0 Å². The van der Waals surface area contributed by atoms with Crippen LogP contribution in [0.15, 0.2) is 30.6 Å². The zero-order chi connectivity index (χ0) is 14.2. The summed E-state index contributed by atoms with van der Waals surface area (Å²) in [6.45, 7) is 1.63. The SMILES string of the molecule is O=C(c1cc(C2CC2)[nH]n1)N1CCC(n2cccc2)CC1. The highest BCUT2D eigenvalue weighted by Crippen LogP contribution is 2.39. The second-order valence-corrected chi connectivity index (χ2v) is 6.14. The van der Waals surface area contributed by atoms with Crippen molar-refractivity contribution >= 4 is 5.91 Å². The van der Waals surface area contributed by atoms with E-state index in [4.69, 9.17) is 0 Å². The molecule has 1 N–H and O–H groups in total. The maximum atomic E-state index is 12.5. The molecule has 2 aromatic heterocycles. The van der Waals surface area contributed by atoms with Gasteiger partial charge in [-0.05, 0) is 43.9 Å². The molecule has 110 valence electrons. The molecule has 0 radical (unpaired) electrons. The number of amides is 1. The average Bonchev–Trinajstić information content (AvgIpc) is 3.05. The van der Waals surface area contributed by atoms with Crippen LogP contribution in [0.5, 0.6) is 0 Å². The lowest BCUT2D eigenvalue weighted by Crippen LogP contribution is -2.39. The molecular weight excluding hydrogens is 264 g/mol. The van der Waals surface area contributed by atoms with E-state index >= 15 is 0 Å². The summed E-state index contributed by atoms with van der Waals surface area (Å²) in [7, 11) is 0. The Morgan fingerprint density at radius 2 is 1.86 bits per heavy atom. The summed E-state index contributed by atoms with van der Waals surface area (Å²) in [6, 6.07) is 6.57. The van der Waals surface area contributed by atoms with Crippen LogP contribution in [0.3, 0.4) is 0 Å². The summed E-state index contributed by atoms with van der Waals surface area (Å²) < 4.78 is 2.25. The van der Waals surface area contributed by atoms with Crippen molar-refractivity contribution in [1.82, 2.24) is 19.7 Å². The van der Waals surface area contributed by atoms with E-state index in [0.29, 0.717) is 17.7 Å². The highest BCUT2D eigenvalue weighted by Gasteiger charge is 2.29. The first-order valence-electron chi connectivity index (χ1n) is 7.78. The predicted molar refractivity (Wildman–Crippen MR) is 79.2 cm³/mol. The minimum Gasteiger partial charge on any atom is -0.351 e. The van der Waals surface area contributed by atoms with Crippen LogP contribution in [-0.2, 0) is 0 Å². The standard InChI is InChI=1S/C16H20N4O/c21-16(15-11-14(17-18-15)12-3-4-12)20-9-5-13(6-10-20)19-7-1-2-8-19/h1-2,7-8,11-13H,3-6,9-10H2,(H,17,18). The van der Waals surface area contributed by atoms with E-state index in [1.807, 2.05) is 11.0 Å². The highest BCUT2D eigenvalue weighted by atomic mass is 16.2. The fraction of sp³-hybridized carbons (Fsp3) is 0.500. The Bertz CT molecular complexity index is 619. The molecule has 5 heteroatoms. The summed E-state index contributed by atoms with van der Waals surface area (Å²) in [5, 5.41) is 7.22. The summed E-state index contributed by atoms with van der Waals surface area (Å²) in [4.78, 5) is 14.4. The zero-order valence-electron chi connectivity index (χ0n) is 12.0. The van der Waals surface area contributed by atoms with Gasteiger partial charge in [-0.15, -0.1) is 0 Å². The lowest BCUT2D eigenvalue weighted by Gasteiger charge is -2.32. The minimum atomic E-state index is 0.0732. The molecule has 2 aromatic rings. The van der Waals surface area contributed by atoms with Gasteiger partial charge >= 0.3 is 0 Å². The van der Waals surface area contributed by atoms with Crippen LogP contribution in [-0.4, -0.2) is 38.7 Å². The third kappa shape index (κ3) is 2.48. The van der Waals surface area contributed by atoms with Gasteiger partial charge in [-0.2, -0.15) is 5.10 Å². The molecule has 1 aliphatic heterocycles. The van der Waals surface area contributed by atoms with E-state index in [2.05, 4.69) is 39.3 Å². The largest absolute Gasteiger partial charge is 0.351 e. The Kier molecular flexibility index (Phi) is 3.05. The molecule has 0 aromatic carbocycles. The number of H-pyrrole nitrogens is 1. The lowest BCUT2D eigenvalue weighted by atomic mass is 10.0. The molecule has 2 fully saturated rings. The van der Waals surface area contributed by atoms with Crippen molar-refractivity contribution in [2.45, 2.75) is 37.6 Å². The minimum absolute atomic E-state index is 0.0732. The lowest BCUT2D eigenvalue weighted by molar-refractivity contribution is 0.0688. The maximum Gasteiger partial charge on any atom is 0.274 e. The third-order valence-electron chi connectivity index (χ3n) is 4.63. The van der Waals surface area contributed by atoms with Crippen molar-refractivity contribution < 1.29 is 4.79 Å². The number of aromatic nitrogens is 3. The van der Waals surface area contributed by atoms with Gasteiger partial charge < -0.3 is 9.47 Å². The van der Waals surface area contributed by atoms with Crippen LogP contribution >= 0.6 is 0 Å². The third-order valence-corrected chi connectivity index (χ3v) is 4.63. The molecule has 1 aliphatic carbocycles. The number of piperidine rings is 1. The first-order chi connectivity index (χ1) is 10.3. The van der Waals surface area contributed by atoms with Crippen molar-refractivity contribution in [1.29, 1.82) is 0 Å². The molecule has 2 aliphatic rings. The van der Waals surface area contributed by atoms with E-state index in [0.717, 1.165) is 31.6 Å². The number of hydrogen-bond donors (Lipinski definition) is 1. The van der Waals surface area contributed by atoms with Crippen molar-refractivity contribution in [2.24, 2.45) is 0 Å². The Labute approximate surface area is 123 Å². The fourth-order valence-corrected chi connectivity index (χ4v) is 3.17. The first kappa shape index (κ1) is 12.7. The van der Waals surface area contributed by atoms with Crippen molar-refractivity contribution in [2.75, 3.05) is 13.1 Å². The second kappa shape index (κ2) is 5.06.